The predicted molar refractivity (Wildman–Crippen MR) is 66.8 cm³/mol. The predicted octanol–water partition coefficient (Wildman–Crippen LogP) is 1.50. The average molecular weight is 288 g/mol. The molecule has 0 saturated carbocycles. The lowest BCUT2D eigenvalue weighted by atomic mass is 10.3. The first-order chi connectivity index (χ1) is 8.47. The fourth-order valence-electron chi connectivity index (χ4n) is 1.35. The molecule has 0 radical (unpaired) electrons. The molecule has 7 nitrogen and oxygen atoms in total. The molecular formula is C9H8N2O5S2. The van der Waals surface area contributed by atoms with Gasteiger partial charge >= 0.3 is 17.3 Å². The maximum absolute atomic E-state index is 10.8. The number of fused-ring (bicyclic) bond motifs is 1. The number of pyridine rings is 1. The Morgan fingerprint density at radius 3 is 2.89 bits per heavy atom. The summed E-state index contributed by atoms with van der Waals surface area (Å²) in [6.45, 7) is 0. The van der Waals surface area contributed by atoms with Gasteiger partial charge in [-0.25, -0.2) is 14.8 Å². The lowest BCUT2D eigenvalue weighted by Gasteiger charge is -2.13. The van der Waals surface area contributed by atoms with E-state index in [4.69, 9.17) is 9.66 Å². The summed E-state index contributed by atoms with van der Waals surface area (Å²) in [7, 11) is 1.42. The highest BCUT2D eigenvalue weighted by molar-refractivity contribution is 7.74. The Balaban J connectivity index is 2.37. The highest BCUT2D eigenvalue weighted by Gasteiger charge is 2.12. The summed E-state index contributed by atoms with van der Waals surface area (Å²) >= 11 is -1.33. The standard InChI is InChI=1S/C9H8N2O5S2/c1-11(16-18(14)15)8-3-5-2-6(9(12)13)17-7(5)4-10-8/h2-4H,1H3,(H,12,13)(H,14,15). The van der Waals surface area contributed by atoms with Crippen LogP contribution in [0.5, 0.6) is 0 Å². The van der Waals surface area contributed by atoms with Gasteiger partial charge in [0.1, 0.15) is 4.88 Å². The van der Waals surface area contributed by atoms with Gasteiger partial charge in [-0.3, -0.25) is 4.55 Å². The molecule has 0 amide bonds. The van der Waals surface area contributed by atoms with E-state index in [0.717, 1.165) is 21.1 Å². The highest BCUT2D eigenvalue weighted by Crippen LogP contribution is 2.27. The van der Waals surface area contributed by atoms with Crippen LogP contribution >= 0.6 is 11.3 Å². The zero-order valence-electron chi connectivity index (χ0n) is 9.06. The number of carboxylic acids is 1. The molecule has 0 spiro atoms. The molecule has 0 aliphatic rings. The van der Waals surface area contributed by atoms with E-state index in [9.17, 15) is 9.00 Å². The molecule has 2 aromatic heterocycles. The summed E-state index contributed by atoms with van der Waals surface area (Å²) in [6.07, 6.45) is 1.49. The van der Waals surface area contributed by atoms with Gasteiger partial charge in [0.05, 0.1) is 4.70 Å². The van der Waals surface area contributed by atoms with Crippen LogP contribution in [-0.2, 0) is 15.6 Å². The second-order valence-corrected chi connectivity index (χ2v) is 4.95. The van der Waals surface area contributed by atoms with E-state index in [1.165, 1.54) is 19.3 Å². The largest absolute Gasteiger partial charge is 0.477 e. The molecular weight excluding hydrogens is 280 g/mol. The fraction of sp³-hybridized carbons (Fsp3) is 0.111. The number of hydrogen-bond acceptors (Lipinski definition) is 6. The topological polar surface area (TPSA) is 100.0 Å². The third kappa shape index (κ3) is 2.64. The second kappa shape index (κ2) is 4.98. The molecule has 18 heavy (non-hydrogen) atoms. The van der Waals surface area contributed by atoms with E-state index in [1.54, 1.807) is 6.07 Å². The van der Waals surface area contributed by atoms with Crippen LogP contribution in [-0.4, -0.2) is 31.9 Å². The molecule has 2 N–H and O–H groups in total. The fourth-order valence-corrected chi connectivity index (χ4v) is 2.46. The Labute approximate surface area is 108 Å². The van der Waals surface area contributed by atoms with Crippen LogP contribution in [0.25, 0.3) is 10.1 Å². The number of aromatic nitrogens is 1. The lowest BCUT2D eigenvalue weighted by Crippen LogP contribution is -2.19. The first-order valence-electron chi connectivity index (χ1n) is 4.63. The van der Waals surface area contributed by atoms with E-state index < -0.39 is 17.3 Å². The van der Waals surface area contributed by atoms with Gasteiger partial charge in [0.25, 0.3) is 0 Å². The summed E-state index contributed by atoms with van der Waals surface area (Å²) in [4.78, 5) is 15.0. The lowest BCUT2D eigenvalue weighted by molar-refractivity contribution is 0.0702. The number of aromatic carboxylic acids is 1. The Hall–Kier alpha value is -1.55. The average Bonchev–Trinajstić information content (AvgIpc) is 2.70. The number of thiophene rings is 1. The van der Waals surface area contributed by atoms with Crippen LogP contribution in [0.4, 0.5) is 5.82 Å². The van der Waals surface area contributed by atoms with Crippen molar-refractivity contribution in [1.29, 1.82) is 0 Å². The van der Waals surface area contributed by atoms with E-state index in [-0.39, 0.29) is 4.88 Å². The van der Waals surface area contributed by atoms with E-state index in [1.807, 2.05) is 0 Å². The third-order valence-electron chi connectivity index (χ3n) is 2.10. The van der Waals surface area contributed by atoms with Crippen LogP contribution in [0.1, 0.15) is 9.67 Å². The molecule has 1 unspecified atom stereocenters. The van der Waals surface area contributed by atoms with Crippen LogP contribution < -0.4 is 5.06 Å². The van der Waals surface area contributed by atoms with Crippen molar-refractivity contribution in [3.05, 3.63) is 23.2 Å². The summed E-state index contributed by atoms with van der Waals surface area (Å²) in [6, 6.07) is 3.09. The normalized spacial score (nSPS) is 12.6. The molecule has 0 aliphatic heterocycles. The molecule has 0 bridgehead atoms. The smallest absolute Gasteiger partial charge is 0.345 e. The zero-order chi connectivity index (χ0) is 13.3. The van der Waals surface area contributed by atoms with Gasteiger partial charge < -0.3 is 5.11 Å². The highest BCUT2D eigenvalue weighted by atomic mass is 32.2. The minimum atomic E-state index is -2.44. The maximum atomic E-state index is 10.8. The van der Waals surface area contributed by atoms with Crippen molar-refractivity contribution < 1.29 is 22.9 Å². The van der Waals surface area contributed by atoms with Gasteiger partial charge in [-0.2, -0.15) is 4.21 Å². The van der Waals surface area contributed by atoms with Crippen molar-refractivity contribution >= 4 is 44.6 Å². The van der Waals surface area contributed by atoms with Gasteiger partial charge in [-0.15, -0.1) is 15.6 Å². The summed E-state index contributed by atoms with van der Waals surface area (Å²) in [5.41, 5.74) is 0. The molecule has 1 atom stereocenters. The number of carbonyl (C=O) groups is 1. The minimum absolute atomic E-state index is 0.207. The van der Waals surface area contributed by atoms with Gasteiger partial charge in [0, 0.05) is 13.2 Å². The summed E-state index contributed by atoms with van der Waals surface area (Å²) in [5, 5.41) is 10.6. The number of anilines is 1. The molecule has 2 heterocycles. The van der Waals surface area contributed by atoms with E-state index >= 15 is 0 Å². The van der Waals surface area contributed by atoms with E-state index in [2.05, 4.69) is 9.27 Å². The molecule has 2 aromatic rings. The molecule has 2 rings (SSSR count). The van der Waals surface area contributed by atoms with Crippen molar-refractivity contribution in [2.75, 3.05) is 12.1 Å². The van der Waals surface area contributed by atoms with Crippen LogP contribution in [0.2, 0.25) is 0 Å². The quantitative estimate of drug-likeness (QED) is 0.649. The Morgan fingerprint density at radius 2 is 2.28 bits per heavy atom. The number of hydrogen-bond donors (Lipinski definition) is 2. The van der Waals surface area contributed by atoms with Gasteiger partial charge in [0.15, 0.2) is 5.82 Å². The van der Waals surface area contributed by atoms with Crippen LogP contribution in [0, 0.1) is 0 Å². The number of hydroxylamine groups is 1. The molecule has 0 aromatic carbocycles. The van der Waals surface area contributed by atoms with Crippen molar-refractivity contribution in [2.45, 2.75) is 0 Å². The SMILES string of the molecule is CN(OS(=O)O)c1cc2cc(C(=O)O)sc2cn1. The molecule has 0 aliphatic carbocycles. The summed E-state index contributed by atoms with van der Waals surface area (Å²) < 4.78 is 24.3. The van der Waals surface area contributed by atoms with Gasteiger partial charge in [-0.05, 0) is 17.5 Å². The third-order valence-corrected chi connectivity index (χ3v) is 3.52. The molecule has 0 fully saturated rings. The second-order valence-electron chi connectivity index (χ2n) is 3.29. The first-order valence-corrected chi connectivity index (χ1v) is 6.48. The maximum Gasteiger partial charge on any atom is 0.345 e. The van der Waals surface area contributed by atoms with Crippen molar-refractivity contribution in [3.63, 3.8) is 0 Å². The molecule has 9 heteroatoms. The molecule has 0 saturated heterocycles. The van der Waals surface area contributed by atoms with E-state index in [0.29, 0.717) is 11.2 Å². The monoisotopic (exact) mass is 288 g/mol. The van der Waals surface area contributed by atoms with Crippen molar-refractivity contribution in [2.24, 2.45) is 0 Å². The minimum Gasteiger partial charge on any atom is -0.477 e. The van der Waals surface area contributed by atoms with Gasteiger partial charge in [0.2, 0.25) is 0 Å². The number of rotatable bonds is 4. The van der Waals surface area contributed by atoms with Crippen LogP contribution in [0.3, 0.4) is 0 Å². The Kier molecular flexibility index (Phi) is 3.57. The molecule has 96 valence electrons. The van der Waals surface area contributed by atoms with Crippen molar-refractivity contribution in [1.82, 2.24) is 4.98 Å². The first kappa shape index (κ1) is 12.9. The van der Waals surface area contributed by atoms with Crippen LogP contribution in [0.15, 0.2) is 18.3 Å². The Morgan fingerprint density at radius 1 is 1.56 bits per heavy atom. The Bertz CT molecular complexity index is 626. The summed E-state index contributed by atoms with van der Waals surface area (Å²) in [5.74, 6) is -0.696. The zero-order valence-corrected chi connectivity index (χ0v) is 10.7. The van der Waals surface area contributed by atoms with Gasteiger partial charge in [-0.1, -0.05) is 0 Å². The van der Waals surface area contributed by atoms with Crippen molar-refractivity contribution in [3.8, 4) is 0 Å². The number of carboxylic acid groups (broad SMARTS) is 1. The number of nitrogens with zero attached hydrogens (tertiary/aromatic N) is 2.